The van der Waals surface area contributed by atoms with Gasteiger partial charge in [-0.15, -0.1) is 0 Å². The Balaban J connectivity index is 1.31. The second kappa shape index (κ2) is 11.3. The monoisotopic (exact) mass is 547 g/mol. The van der Waals surface area contributed by atoms with Crippen LogP contribution in [0, 0.1) is 26.7 Å². The number of hydrogen-bond donors (Lipinski definition) is 4. The van der Waals surface area contributed by atoms with Crippen LogP contribution in [0.1, 0.15) is 55.2 Å². The molecule has 1 atom stereocenters. The number of hydrogen-bond acceptors (Lipinski definition) is 9. The summed E-state index contributed by atoms with van der Waals surface area (Å²) in [5.41, 5.74) is 1.45. The van der Waals surface area contributed by atoms with Crippen LogP contribution in [0.25, 0.3) is 0 Å². The number of aliphatic carboxylic acids is 1. The molecule has 1 aromatic carbocycles. The first-order chi connectivity index (χ1) is 18.0. The zero-order chi connectivity index (χ0) is 27.5. The van der Waals surface area contributed by atoms with E-state index in [9.17, 15) is 23.1 Å². The lowest BCUT2D eigenvalue weighted by molar-refractivity contribution is -0.136. The highest BCUT2D eigenvalue weighted by Crippen LogP contribution is 2.40. The van der Waals surface area contributed by atoms with Crippen molar-refractivity contribution in [2.45, 2.75) is 75.0 Å². The number of aryl methyl sites for hydroxylation is 3. The fraction of sp³-hybridized carbons (Fsp3) is 0.615. The maximum Gasteiger partial charge on any atom is 0.324 e. The van der Waals surface area contributed by atoms with E-state index >= 15 is 0 Å². The summed E-state index contributed by atoms with van der Waals surface area (Å²) in [5.74, 6) is -0.813. The highest BCUT2D eigenvalue weighted by molar-refractivity contribution is 7.93. The zero-order valence-corrected chi connectivity index (χ0v) is 23.0. The van der Waals surface area contributed by atoms with Gasteiger partial charge in [0.05, 0.1) is 4.90 Å². The molecule has 208 valence electrons. The SMILES string of the molecule is Cc1cc(C)c(S(=O)(=O)[C@@H](CNC(=O)C2=NOC3(CCC(CNC4=NCCCN4)CC3)C2)C(=O)O)c(C)c1. The van der Waals surface area contributed by atoms with Crippen molar-refractivity contribution in [2.75, 3.05) is 26.2 Å². The molecular formula is C26H37N5O6S. The number of nitrogens with one attached hydrogen (secondary N) is 3. The summed E-state index contributed by atoms with van der Waals surface area (Å²) in [6.07, 6.45) is 4.69. The zero-order valence-electron chi connectivity index (χ0n) is 22.2. The Morgan fingerprint density at radius 1 is 1.21 bits per heavy atom. The first-order valence-corrected chi connectivity index (χ1v) is 14.7. The van der Waals surface area contributed by atoms with Crippen molar-refractivity contribution in [2.24, 2.45) is 16.1 Å². The normalized spacial score (nSPS) is 24.0. The van der Waals surface area contributed by atoms with Gasteiger partial charge in [-0.25, -0.2) is 8.42 Å². The van der Waals surface area contributed by atoms with Crippen molar-refractivity contribution in [1.82, 2.24) is 16.0 Å². The number of guanidine groups is 1. The molecule has 1 aliphatic carbocycles. The molecule has 12 heteroatoms. The molecule has 2 aliphatic heterocycles. The number of carboxylic acid groups (broad SMARTS) is 1. The summed E-state index contributed by atoms with van der Waals surface area (Å²) in [6.45, 7) is 7.14. The first kappa shape index (κ1) is 27.9. The van der Waals surface area contributed by atoms with Crippen LogP contribution in [0.5, 0.6) is 0 Å². The molecule has 4 N–H and O–H groups in total. The van der Waals surface area contributed by atoms with E-state index in [1.807, 2.05) is 6.92 Å². The Morgan fingerprint density at radius 3 is 2.50 bits per heavy atom. The number of carbonyl (C=O) groups excluding carboxylic acids is 1. The number of rotatable bonds is 8. The maximum atomic E-state index is 13.3. The molecule has 11 nitrogen and oxygen atoms in total. The molecule has 1 fully saturated rings. The molecule has 0 saturated heterocycles. The Morgan fingerprint density at radius 2 is 1.89 bits per heavy atom. The molecule has 2 heterocycles. The number of carbonyl (C=O) groups is 2. The van der Waals surface area contributed by atoms with Gasteiger partial charge in [-0.05, 0) is 69.9 Å². The minimum absolute atomic E-state index is 0.0113. The fourth-order valence-electron chi connectivity index (χ4n) is 5.59. The Bertz CT molecular complexity index is 1230. The van der Waals surface area contributed by atoms with Gasteiger partial charge in [0.1, 0.15) is 11.3 Å². The standard InChI is InChI=1S/C26H37N5O6S/c1-16-11-17(2)22(18(3)12-16)38(35,36)21(24(33)34)15-29-23(32)20-13-26(37-31-20)7-5-19(6-8-26)14-30-25-27-9-4-10-28-25/h11-12,19,21H,4-10,13-15H2,1-3H3,(H,29,32)(H,33,34)(H2,27,28,30)/t19?,21-,26?/m0/s1. The number of nitrogens with zero attached hydrogens (tertiary/aromatic N) is 2. The van der Waals surface area contributed by atoms with Gasteiger partial charge in [0, 0.05) is 32.6 Å². The number of sulfone groups is 1. The summed E-state index contributed by atoms with van der Waals surface area (Å²) in [4.78, 5) is 35.0. The number of carboxylic acids is 1. The van der Waals surface area contributed by atoms with Crippen LogP contribution in [-0.2, 0) is 24.3 Å². The summed E-state index contributed by atoms with van der Waals surface area (Å²) in [5, 5.41) is 21.0. The van der Waals surface area contributed by atoms with E-state index < -0.39 is 39.1 Å². The molecule has 1 spiro atoms. The largest absolute Gasteiger partial charge is 0.480 e. The van der Waals surface area contributed by atoms with Crippen molar-refractivity contribution >= 4 is 33.4 Å². The van der Waals surface area contributed by atoms with Gasteiger partial charge >= 0.3 is 5.97 Å². The average Bonchev–Trinajstić information content (AvgIpc) is 3.27. The van der Waals surface area contributed by atoms with Crippen molar-refractivity contribution < 1.29 is 28.0 Å². The van der Waals surface area contributed by atoms with Crippen molar-refractivity contribution in [3.63, 3.8) is 0 Å². The van der Waals surface area contributed by atoms with Crippen molar-refractivity contribution in [3.05, 3.63) is 28.8 Å². The van der Waals surface area contributed by atoms with E-state index in [0.29, 0.717) is 23.5 Å². The van der Waals surface area contributed by atoms with E-state index in [2.05, 4.69) is 26.1 Å². The lowest BCUT2D eigenvalue weighted by Gasteiger charge is -2.35. The summed E-state index contributed by atoms with van der Waals surface area (Å²) < 4.78 is 26.6. The van der Waals surface area contributed by atoms with Crippen LogP contribution in [0.4, 0.5) is 0 Å². The van der Waals surface area contributed by atoms with Crippen LogP contribution in [0.3, 0.4) is 0 Å². The number of aliphatic imine (C=N–C) groups is 1. The lowest BCUT2D eigenvalue weighted by Crippen LogP contribution is -2.45. The highest BCUT2D eigenvalue weighted by Gasteiger charge is 2.44. The van der Waals surface area contributed by atoms with Gasteiger partial charge in [0.25, 0.3) is 5.91 Å². The van der Waals surface area contributed by atoms with Crippen LogP contribution < -0.4 is 16.0 Å². The van der Waals surface area contributed by atoms with Crippen LogP contribution in [0.15, 0.2) is 27.2 Å². The second-order valence-corrected chi connectivity index (χ2v) is 12.7. The lowest BCUT2D eigenvalue weighted by atomic mass is 9.76. The molecule has 1 aromatic rings. The molecule has 3 aliphatic rings. The van der Waals surface area contributed by atoms with E-state index in [1.54, 1.807) is 26.0 Å². The third-order valence-corrected chi connectivity index (χ3v) is 9.89. The maximum absolute atomic E-state index is 13.3. The Labute approximate surface area is 223 Å². The Kier molecular flexibility index (Phi) is 8.29. The van der Waals surface area contributed by atoms with Crippen LogP contribution >= 0.6 is 0 Å². The molecule has 1 amide bonds. The highest BCUT2D eigenvalue weighted by atomic mass is 32.2. The number of amides is 1. The van der Waals surface area contributed by atoms with Crippen LogP contribution in [0.2, 0.25) is 0 Å². The van der Waals surface area contributed by atoms with Gasteiger partial charge in [0.2, 0.25) is 0 Å². The molecule has 1 saturated carbocycles. The molecule has 0 unspecified atom stereocenters. The van der Waals surface area contributed by atoms with E-state index in [-0.39, 0.29) is 10.6 Å². The van der Waals surface area contributed by atoms with Gasteiger partial charge in [-0.3, -0.25) is 14.6 Å². The fourth-order valence-corrected chi connectivity index (χ4v) is 7.45. The third kappa shape index (κ3) is 6.11. The minimum atomic E-state index is -4.25. The molecular weight excluding hydrogens is 510 g/mol. The number of benzene rings is 1. The summed E-state index contributed by atoms with van der Waals surface area (Å²) in [6, 6.07) is 3.40. The average molecular weight is 548 g/mol. The van der Waals surface area contributed by atoms with Crippen molar-refractivity contribution in [3.8, 4) is 0 Å². The van der Waals surface area contributed by atoms with E-state index in [1.165, 1.54) is 0 Å². The van der Waals surface area contributed by atoms with E-state index in [0.717, 1.165) is 63.3 Å². The van der Waals surface area contributed by atoms with Crippen LogP contribution in [-0.4, -0.2) is 74.1 Å². The Hall–Kier alpha value is -3.15. The molecule has 0 bridgehead atoms. The van der Waals surface area contributed by atoms with Gasteiger partial charge in [-0.1, -0.05) is 22.9 Å². The van der Waals surface area contributed by atoms with Gasteiger partial charge in [-0.2, -0.15) is 0 Å². The summed E-state index contributed by atoms with van der Waals surface area (Å²) >= 11 is 0. The first-order valence-electron chi connectivity index (χ1n) is 13.1. The topological polar surface area (TPSA) is 159 Å². The van der Waals surface area contributed by atoms with Gasteiger partial charge < -0.3 is 25.9 Å². The smallest absolute Gasteiger partial charge is 0.324 e. The minimum Gasteiger partial charge on any atom is -0.480 e. The summed E-state index contributed by atoms with van der Waals surface area (Å²) in [7, 11) is -4.25. The number of oxime groups is 1. The molecule has 38 heavy (non-hydrogen) atoms. The van der Waals surface area contributed by atoms with E-state index in [4.69, 9.17) is 4.84 Å². The van der Waals surface area contributed by atoms with Crippen molar-refractivity contribution in [1.29, 1.82) is 0 Å². The molecule has 0 radical (unpaired) electrons. The predicted molar refractivity (Wildman–Crippen MR) is 143 cm³/mol. The van der Waals surface area contributed by atoms with Gasteiger partial charge in [0.15, 0.2) is 21.0 Å². The predicted octanol–water partition coefficient (Wildman–Crippen LogP) is 1.60. The molecule has 0 aromatic heterocycles. The third-order valence-electron chi connectivity index (χ3n) is 7.56. The quantitative estimate of drug-likeness (QED) is 0.382. The molecule has 4 rings (SSSR count). The second-order valence-electron chi connectivity index (χ2n) is 10.6.